The molecule has 4 rings (SSSR count). The first-order chi connectivity index (χ1) is 11.9. The van der Waals surface area contributed by atoms with Gasteiger partial charge in [-0.3, -0.25) is 5.01 Å². The van der Waals surface area contributed by atoms with Gasteiger partial charge >= 0.3 is 5.97 Å². The van der Waals surface area contributed by atoms with E-state index in [9.17, 15) is 4.79 Å². The number of anilines is 1. The van der Waals surface area contributed by atoms with Crippen molar-refractivity contribution < 1.29 is 9.53 Å². The van der Waals surface area contributed by atoms with E-state index in [1.54, 1.807) is 0 Å². The van der Waals surface area contributed by atoms with Crippen LogP contribution >= 0.6 is 23.2 Å². The molecule has 128 valence electrons. The number of hydrazone groups is 1. The van der Waals surface area contributed by atoms with E-state index >= 15 is 0 Å². The molecule has 2 aromatic carbocycles. The van der Waals surface area contributed by atoms with Crippen LogP contribution in [0.4, 0.5) is 5.69 Å². The Labute approximate surface area is 156 Å². The number of carbonyl (C=O) groups excluding carboxylic acids is 1. The average Bonchev–Trinajstić information content (AvgIpc) is 3.14. The van der Waals surface area contributed by atoms with Crippen molar-refractivity contribution >= 4 is 40.6 Å². The molecule has 0 aliphatic carbocycles. The number of halogens is 2. The van der Waals surface area contributed by atoms with Gasteiger partial charge in [0.05, 0.1) is 27.0 Å². The molecule has 1 atom stereocenters. The summed E-state index contributed by atoms with van der Waals surface area (Å²) in [6.07, 6.45) is 0. The monoisotopic (exact) mass is 374 g/mol. The standard InChI is InChI=1S/C19H16Cl2N2O2/c1-10-5-16(20)17(21)7-15(10)18-11(2)8-23(22-18)13-3-4-14-12(6-13)9-25-19(14)24/h3-7,11H,8-9H2,1-2H3. The predicted octanol–water partition coefficient (Wildman–Crippen LogP) is 4.83. The SMILES string of the molecule is Cc1cc(Cl)c(Cl)cc1C1=NN(c2ccc3c(c2)COC3=O)CC1C. The molecule has 0 saturated heterocycles. The molecule has 0 amide bonds. The molecular formula is C19H16Cl2N2O2. The summed E-state index contributed by atoms with van der Waals surface area (Å²) in [5, 5.41) is 7.85. The second-order valence-electron chi connectivity index (χ2n) is 6.47. The topological polar surface area (TPSA) is 41.9 Å². The highest BCUT2D eigenvalue weighted by molar-refractivity contribution is 6.42. The molecule has 0 aromatic heterocycles. The number of ether oxygens (including phenoxy) is 1. The number of carbonyl (C=O) groups is 1. The number of fused-ring (bicyclic) bond motifs is 1. The maximum Gasteiger partial charge on any atom is 0.338 e. The lowest BCUT2D eigenvalue weighted by atomic mass is 9.96. The Morgan fingerprint density at radius 2 is 1.92 bits per heavy atom. The lowest BCUT2D eigenvalue weighted by Gasteiger charge is -2.15. The normalized spacial score (nSPS) is 19.0. The fraction of sp³-hybridized carbons (Fsp3) is 0.263. The van der Waals surface area contributed by atoms with Crippen molar-refractivity contribution in [2.45, 2.75) is 20.5 Å². The molecule has 6 heteroatoms. The molecule has 0 N–H and O–H groups in total. The molecule has 4 nitrogen and oxygen atoms in total. The smallest absolute Gasteiger partial charge is 0.338 e. The second kappa shape index (κ2) is 6.04. The van der Waals surface area contributed by atoms with Gasteiger partial charge in [-0.05, 0) is 42.8 Å². The molecule has 0 spiro atoms. The third kappa shape index (κ3) is 2.79. The van der Waals surface area contributed by atoms with Crippen LogP contribution in [0.2, 0.25) is 10.0 Å². The van der Waals surface area contributed by atoms with Crippen LogP contribution in [0.1, 0.15) is 34.0 Å². The van der Waals surface area contributed by atoms with Gasteiger partial charge in [-0.15, -0.1) is 0 Å². The summed E-state index contributed by atoms with van der Waals surface area (Å²) in [6.45, 7) is 5.24. The number of aryl methyl sites for hydroxylation is 1. The molecular weight excluding hydrogens is 359 g/mol. The van der Waals surface area contributed by atoms with Gasteiger partial charge in [0.25, 0.3) is 0 Å². The Morgan fingerprint density at radius 3 is 2.72 bits per heavy atom. The first-order valence-electron chi connectivity index (χ1n) is 8.06. The van der Waals surface area contributed by atoms with Crippen LogP contribution in [0.5, 0.6) is 0 Å². The van der Waals surface area contributed by atoms with Crippen LogP contribution in [0.15, 0.2) is 35.4 Å². The summed E-state index contributed by atoms with van der Waals surface area (Å²) in [5.74, 6) is -0.00552. The molecule has 2 aromatic rings. The highest BCUT2D eigenvalue weighted by Gasteiger charge is 2.28. The minimum Gasteiger partial charge on any atom is -0.457 e. The van der Waals surface area contributed by atoms with Gasteiger partial charge in [-0.25, -0.2) is 4.79 Å². The minimum absolute atomic E-state index is 0.252. The van der Waals surface area contributed by atoms with Crippen molar-refractivity contribution in [1.82, 2.24) is 0 Å². The van der Waals surface area contributed by atoms with Crippen molar-refractivity contribution in [2.24, 2.45) is 11.0 Å². The van der Waals surface area contributed by atoms with E-state index in [0.717, 1.165) is 34.6 Å². The largest absolute Gasteiger partial charge is 0.457 e. The van der Waals surface area contributed by atoms with Crippen molar-refractivity contribution in [3.05, 3.63) is 62.6 Å². The molecule has 0 saturated carbocycles. The van der Waals surface area contributed by atoms with Gasteiger partial charge < -0.3 is 4.74 Å². The van der Waals surface area contributed by atoms with Gasteiger partial charge in [0.15, 0.2) is 0 Å². The lowest BCUT2D eigenvalue weighted by Crippen LogP contribution is -2.17. The van der Waals surface area contributed by atoms with Crippen LogP contribution in [-0.2, 0) is 11.3 Å². The molecule has 0 radical (unpaired) electrons. The zero-order valence-electron chi connectivity index (χ0n) is 13.8. The Bertz CT molecular complexity index is 924. The average molecular weight is 375 g/mol. The third-order valence-electron chi connectivity index (χ3n) is 4.65. The number of esters is 1. The molecule has 0 bridgehead atoms. The van der Waals surface area contributed by atoms with Crippen LogP contribution in [-0.4, -0.2) is 18.2 Å². The Kier molecular flexibility index (Phi) is 3.97. The fourth-order valence-electron chi connectivity index (χ4n) is 3.30. The summed E-state index contributed by atoms with van der Waals surface area (Å²) >= 11 is 12.3. The maximum atomic E-state index is 11.6. The van der Waals surface area contributed by atoms with Gasteiger partial charge in [-0.2, -0.15) is 5.10 Å². The van der Waals surface area contributed by atoms with E-state index in [1.165, 1.54) is 0 Å². The number of hydrogen-bond acceptors (Lipinski definition) is 4. The summed E-state index contributed by atoms with van der Waals surface area (Å²) in [5.41, 5.74) is 5.56. The lowest BCUT2D eigenvalue weighted by molar-refractivity contribution is 0.0535. The summed E-state index contributed by atoms with van der Waals surface area (Å²) < 4.78 is 5.07. The molecule has 25 heavy (non-hydrogen) atoms. The summed E-state index contributed by atoms with van der Waals surface area (Å²) in [7, 11) is 0. The summed E-state index contributed by atoms with van der Waals surface area (Å²) in [4.78, 5) is 11.6. The first kappa shape index (κ1) is 16.4. The third-order valence-corrected chi connectivity index (χ3v) is 5.37. The highest BCUT2D eigenvalue weighted by Crippen LogP contribution is 2.32. The molecule has 1 unspecified atom stereocenters. The Morgan fingerprint density at radius 1 is 1.16 bits per heavy atom. The van der Waals surface area contributed by atoms with Gasteiger partial charge in [0.1, 0.15) is 6.61 Å². The zero-order valence-corrected chi connectivity index (χ0v) is 15.4. The molecule has 0 fully saturated rings. The number of nitrogens with zero attached hydrogens (tertiary/aromatic N) is 2. The first-order valence-corrected chi connectivity index (χ1v) is 8.81. The van der Waals surface area contributed by atoms with E-state index in [0.29, 0.717) is 22.2 Å². The number of cyclic esters (lactones) is 1. The van der Waals surface area contributed by atoms with Crippen molar-refractivity contribution in [3.8, 4) is 0 Å². The number of hydrogen-bond donors (Lipinski definition) is 0. The minimum atomic E-state index is -0.257. The Hall–Kier alpha value is -2.04. The van der Waals surface area contributed by atoms with Crippen molar-refractivity contribution in [1.29, 1.82) is 0 Å². The Balaban J connectivity index is 1.71. The van der Waals surface area contributed by atoms with Crippen LogP contribution < -0.4 is 5.01 Å². The van der Waals surface area contributed by atoms with Crippen LogP contribution in [0.25, 0.3) is 0 Å². The van der Waals surface area contributed by atoms with Gasteiger partial charge in [0, 0.05) is 23.6 Å². The van der Waals surface area contributed by atoms with Crippen LogP contribution in [0, 0.1) is 12.8 Å². The van der Waals surface area contributed by atoms with E-state index < -0.39 is 0 Å². The predicted molar refractivity (Wildman–Crippen MR) is 99.8 cm³/mol. The fourth-order valence-corrected chi connectivity index (χ4v) is 3.68. The van der Waals surface area contributed by atoms with Gasteiger partial charge in [0.2, 0.25) is 0 Å². The summed E-state index contributed by atoms with van der Waals surface area (Å²) in [6, 6.07) is 9.44. The highest BCUT2D eigenvalue weighted by atomic mass is 35.5. The second-order valence-corrected chi connectivity index (χ2v) is 7.28. The van der Waals surface area contributed by atoms with Crippen molar-refractivity contribution in [3.63, 3.8) is 0 Å². The van der Waals surface area contributed by atoms with E-state index in [2.05, 4.69) is 6.92 Å². The van der Waals surface area contributed by atoms with E-state index in [-0.39, 0.29) is 11.9 Å². The van der Waals surface area contributed by atoms with Crippen molar-refractivity contribution in [2.75, 3.05) is 11.6 Å². The number of rotatable bonds is 2. The quantitative estimate of drug-likeness (QED) is 0.706. The van der Waals surface area contributed by atoms with Gasteiger partial charge in [-0.1, -0.05) is 30.1 Å². The zero-order chi connectivity index (χ0) is 17.7. The molecule has 2 heterocycles. The molecule has 2 aliphatic heterocycles. The molecule has 2 aliphatic rings. The van der Waals surface area contributed by atoms with E-state index in [4.69, 9.17) is 33.0 Å². The number of benzene rings is 2. The van der Waals surface area contributed by atoms with E-state index in [1.807, 2.05) is 42.3 Å². The van der Waals surface area contributed by atoms with Crippen LogP contribution in [0.3, 0.4) is 0 Å². The maximum absolute atomic E-state index is 11.6.